The number of aliphatic hydroxyl groups excluding tert-OH is 1. The quantitative estimate of drug-likeness (QED) is 0.257. The molecule has 2 aliphatic rings. The van der Waals surface area contributed by atoms with E-state index in [-0.39, 0.29) is 24.7 Å². The minimum Gasteiger partial charge on any atom is -0.479 e. The van der Waals surface area contributed by atoms with Crippen molar-refractivity contribution in [3.63, 3.8) is 0 Å². The fourth-order valence-electron chi connectivity index (χ4n) is 5.50. The van der Waals surface area contributed by atoms with Crippen molar-refractivity contribution in [3.05, 3.63) is 46.2 Å². The van der Waals surface area contributed by atoms with E-state index in [0.29, 0.717) is 66.6 Å². The Morgan fingerprint density at radius 1 is 1.14 bits per heavy atom. The number of rotatable bonds is 11. The van der Waals surface area contributed by atoms with Gasteiger partial charge in [-0.1, -0.05) is 23.7 Å². The Hall–Kier alpha value is -3.13. The van der Waals surface area contributed by atoms with Crippen molar-refractivity contribution in [2.75, 3.05) is 47.3 Å². The van der Waals surface area contributed by atoms with Gasteiger partial charge in [0.05, 0.1) is 35.4 Å². The second-order valence-corrected chi connectivity index (χ2v) is 11.7. The molecule has 6 rings (SSSR count). The Balaban J connectivity index is 1.36. The van der Waals surface area contributed by atoms with Crippen molar-refractivity contribution >= 4 is 32.7 Å². The Labute approximate surface area is 247 Å². The average molecular weight is 597 g/mol. The van der Waals surface area contributed by atoms with Crippen molar-refractivity contribution in [2.24, 2.45) is 0 Å². The highest BCUT2D eigenvalue weighted by Crippen LogP contribution is 2.37. The van der Waals surface area contributed by atoms with Gasteiger partial charge < -0.3 is 28.8 Å². The average Bonchev–Trinajstić information content (AvgIpc) is 3.59. The van der Waals surface area contributed by atoms with E-state index < -0.39 is 0 Å². The predicted octanol–water partition coefficient (Wildman–Crippen LogP) is 3.77. The fraction of sp³-hybridized carbons (Fsp3) is 0.500. The van der Waals surface area contributed by atoms with Gasteiger partial charge in [0.2, 0.25) is 5.88 Å². The van der Waals surface area contributed by atoms with Crippen LogP contribution in [0.2, 0.25) is 0 Å². The molecule has 0 radical (unpaired) electrons. The SMILES string of the molecule is COCOc1cc(COC2CCCCO2)cc2nc(OC)c(-c3cccc4c(=O)n(CCN5CC[C@@H](O)C5)sc34)nc12. The molecule has 11 nitrogen and oxygen atoms in total. The van der Waals surface area contributed by atoms with Gasteiger partial charge in [-0.3, -0.25) is 13.7 Å². The molecule has 4 heterocycles. The van der Waals surface area contributed by atoms with Crippen molar-refractivity contribution in [1.29, 1.82) is 0 Å². The third kappa shape index (κ3) is 6.14. The molecular formula is C30H36N4O7S. The van der Waals surface area contributed by atoms with Gasteiger partial charge in [-0.25, -0.2) is 9.97 Å². The second-order valence-electron chi connectivity index (χ2n) is 10.6. The maximum atomic E-state index is 13.3. The summed E-state index contributed by atoms with van der Waals surface area (Å²) >= 11 is 1.41. The van der Waals surface area contributed by atoms with Crippen LogP contribution in [0.25, 0.3) is 32.4 Å². The van der Waals surface area contributed by atoms with Crippen LogP contribution in [0.1, 0.15) is 31.2 Å². The summed E-state index contributed by atoms with van der Waals surface area (Å²) in [5.41, 5.74) is 3.26. The molecule has 0 saturated carbocycles. The van der Waals surface area contributed by atoms with Crippen LogP contribution in [0.3, 0.4) is 0 Å². The van der Waals surface area contributed by atoms with Crippen LogP contribution in [0, 0.1) is 0 Å². The molecule has 2 aromatic heterocycles. The normalized spacial score (nSPS) is 19.6. The van der Waals surface area contributed by atoms with Crippen LogP contribution in [0.5, 0.6) is 11.6 Å². The number of likely N-dealkylation sites (tertiary alicyclic amines) is 1. The summed E-state index contributed by atoms with van der Waals surface area (Å²) in [5.74, 6) is 0.861. The highest BCUT2D eigenvalue weighted by atomic mass is 32.1. The summed E-state index contributed by atoms with van der Waals surface area (Å²) in [4.78, 5) is 25.3. The highest BCUT2D eigenvalue weighted by Gasteiger charge is 2.23. The number of aromatic nitrogens is 3. The Morgan fingerprint density at radius 3 is 2.81 bits per heavy atom. The first kappa shape index (κ1) is 29.0. The van der Waals surface area contributed by atoms with E-state index in [2.05, 4.69) is 4.90 Å². The summed E-state index contributed by atoms with van der Waals surface area (Å²) < 4.78 is 31.2. The van der Waals surface area contributed by atoms with Crippen LogP contribution in [0.15, 0.2) is 35.1 Å². The number of benzene rings is 2. The van der Waals surface area contributed by atoms with Crippen molar-refractivity contribution in [1.82, 2.24) is 18.8 Å². The number of ether oxygens (including phenoxy) is 5. The first-order valence-corrected chi connectivity index (χ1v) is 15.1. The van der Waals surface area contributed by atoms with Crippen molar-refractivity contribution in [3.8, 4) is 22.9 Å². The van der Waals surface area contributed by atoms with Crippen LogP contribution in [-0.4, -0.2) is 83.6 Å². The molecule has 2 aliphatic heterocycles. The topological polar surface area (TPSA) is 117 Å². The zero-order valence-corrected chi connectivity index (χ0v) is 24.7. The number of nitrogens with zero attached hydrogens (tertiary/aromatic N) is 4. The van der Waals surface area contributed by atoms with E-state index in [1.165, 1.54) is 11.5 Å². The third-order valence-corrected chi connectivity index (χ3v) is 8.85. The van der Waals surface area contributed by atoms with Gasteiger partial charge in [-0.05, 0) is 49.4 Å². The van der Waals surface area contributed by atoms with E-state index >= 15 is 0 Å². The molecule has 0 amide bonds. The summed E-state index contributed by atoms with van der Waals surface area (Å²) in [6.07, 6.45) is 3.28. The number of β-amino-alcohol motifs (C(OH)–C–C–N with tert-alkyl or cyclic N) is 1. The second kappa shape index (κ2) is 13.0. The maximum Gasteiger partial charge on any atom is 0.268 e. The van der Waals surface area contributed by atoms with E-state index in [9.17, 15) is 9.90 Å². The first-order chi connectivity index (χ1) is 20.5. The summed E-state index contributed by atoms with van der Waals surface area (Å²) in [6, 6.07) is 9.43. The van der Waals surface area contributed by atoms with Crippen molar-refractivity contribution in [2.45, 2.75) is 51.2 Å². The number of hydrogen-bond donors (Lipinski definition) is 1. The zero-order valence-electron chi connectivity index (χ0n) is 23.9. The van der Waals surface area contributed by atoms with Gasteiger partial charge in [-0.15, -0.1) is 0 Å². The van der Waals surface area contributed by atoms with Gasteiger partial charge in [0.1, 0.15) is 11.2 Å². The molecule has 224 valence electrons. The molecule has 2 aromatic carbocycles. The summed E-state index contributed by atoms with van der Waals surface area (Å²) in [7, 11) is 3.13. The monoisotopic (exact) mass is 596 g/mol. The smallest absolute Gasteiger partial charge is 0.268 e. The molecule has 0 aliphatic carbocycles. The number of methoxy groups -OCH3 is 2. The number of hydrogen-bond acceptors (Lipinski definition) is 11. The van der Waals surface area contributed by atoms with Gasteiger partial charge in [0.15, 0.2) is 18.8 Å². The lowest BCUT2D eigenvalue weighted by molar-refractivity contribution is -0.168. The Kier molecular flexibility index (Phi) is 8.98. The zero-order chi connectivity index (χ0) is 29.1. The van der Waals surface area contributed by atoms with Crippen LogP contribution >= 0.6 is 11.5 Å². The molecule has 2 fully saturated rings. The molecular weight excluding hydrogens is 560 g/mol. The molecule has 4 aromatic rings. The van der Waals surface area contributed by atoms with Crippen molar-refractivity contribution < 1.29 is 28.8 Å². The molecule has 12 heteroatoms. The predicted molar refractivity (Wildman–Crippen MR) is 159 cm³/mol. The highest BCUT2D eigenvalue weighted by molar-refractivity contribution is 7.14. The van der Waals surface area contributed by atoms with E-state index in [1.54, 1.807) is 18.2 Å². The fourth-order valence-corrected chi connectivity index (χ4v) is 6.60. The molecule has 42 heavy (non-hydrogen) atoms. The van der Waals surface area contributed by atoms with Gasteiger partial charge in [-0.2, -0.15) is 0 Å². The van der Waals surface area contributed by atoms with E-state index in [4.69, 9.17) is 33.7 Å². The van der Waals surface area contributed by atoms with Crippen LogP contribution < -0.4 is 15.0 Å². The minimum absolute atomic E-state index is 0.0417. The molecule has 1 unspecified atom stereocenters. The standard InChI is InChI=1S/C30H36N4O7S/c1-37-18-41-24-15-19(17-40-25-8-3-4-13-39-25)14-23-27(24)32-26(29(31-23)38-2)21-6-5-7-22-28(21)42-34(30(22)36)12-11-33-10-9-20(35)16-33/h5-7,14-15,20,25,35H,3-4,8-13,16-18H2,1-2H3/t20-,25?/m1/s1. The Morgan fingerprint density at radius 2 is 2.05 bits per heavy atom. The summed E-state index contributed by atoms with van der Waals surface area (Å²) in [5, 5.41) is 10.5. The van der Waals surface area contributed by atoms with Gasteiger partial charge >= 0.3 is 0 Å². The molecule has 0 spiro atoms. The van der Waals surface area contributed by atoms with Gasteiger partial charge in [0.25, 0.3) is 5.56 Å². The molecule has 0 bridgehead atoms. The number of fused-ring (bicyclic) bond motifs is 2. The lowest BCUT2D eigenvalue weighted by Gasteiger charge is -2.23. The molecule has 2 saturated heterocycles. The Bertz CT molecular complexity index is 1600. The van der Waals surface area contributed by atoms with E-state index in [1.807, 2.05) is 30.3 Å². The van der Waals surface area contributed by atoms with Gasteiger partial charge in [0, 0.05) is 45.5 Å². The molecule has 1 N–H and O–H groups in total. The third-order valence-electron chi connectivity index (χ3n) is 7.66. The van der Waals surface area contributed by atoms with Crippen LogP contribution in [0.4, 0.5) is 0 Å². The molecule has 2 atom stereocenters. The lowest BCUT2D eigenvalue weighted by Crippen LogP contribution is -2.28. The lowest BCUT2D eigenvalue weighted by atomic mass is 10.1. The number of aliphatic hydroxyl groups is 1. The maximum absolute atomic E-state index is 13.3. The largest absolute Gasteiger partial charge is 0.479 e. The first-order valence-electron chi connectivity index (χ1n) is 14.3. The minimum atomic E-state index is -0.290. The van der Waals surface area contributed by atoms with Crippen LogP contribution in [-0.2, 0) is 27.4 Å². The summed E-state index contributed by atoms with van der Waals surface area (Å²) in [6.45, 7) is 3.84. The van der Waals surface area contributed by atoms with E-state index in [0.717, 1.165) is 48.1 Å².